The van der Waals surface area contributed by atoms with Crippen molar-refractivity contribution in [3.05, 3.63) is 66.0 Å². The van der Waals surface area contributed by atoms with E-state index in [1.165, 1.54) is 30.2 Å². The number of nitrogens with zero attached hydrogens (tertiary/aromatic N) is 3. The van der Waals surface area contributed by atoms with Crippen LogP contribution in [0, 0.1) is 0 Å². The van der Waals surface area contributed by atoms with Gasteiger partial charge in [0.05, 0.1) is 18.6 Å². The Kier molecular flexibility index (Phi) is 6.65. The molecule has 5 nitrogen and oxygen atoms in total. The fourth-order valence-electron chi connectivity index (χ4n) is 2.71. The fraction of sp³-hybridized carbons (Fsp3) is 0.286. The summed E-state index contributed by atoms with van der Waals surface area (Å²) in [4.78, 5) is 12.5. The Morgan fingerprint density at radius 2 is 2.00 bits per heavy atom. The predicted molar refractivity (Wildman–Crippen MR) is 108 cm³/mol. The standard InChI is InChI=1S/C21H23N3O2S/c1-3-4-6-16-9-11-17(12-10-16)20(25)14-27-21-23-22-15-24(21)18-7-5-8-19(13-18)26-2/h5,7-13,15H,3-4,6,14H2,1-2H3. The quantitative estimate of drug-likeness (QED) is 0.401. The minimum atomic E-state index is 0.0854. The molecule has 6 heteroatoms. The van der Waals surface area contributed by atoms with Gasteiger partial charge in [0.2, 0.25) is 0 Å². The molecule has 0 spiro atoms. The van der Waals surface area contributed by atoms with Crippen LogP contribution in [0.1, 0.15) is 35.7 Å². The molecule has 0 aliphatic rings. The van der Waals surface area contributed by atoms with Crippen molar-refractivity contribution in [3.8, 4) is 11.4 Å². The van der Waals surface area contributed by atoms with Crippen LogP contribution in [-0.2, 0) is 6.42 Å². The van der Waals surface area contributed by atoms with Gasteiger partial charge >= 0.3 is 0 Å². The van der Waals surface area contributed by atoms with Crippen molar-refractivity contribution in [3.63, 3.8) is 0 Å². The van der Waals surface area contributed by atoms with Crippen LogP contribution in [0.4, 0.5) is 0 Å². The van der Waals surface area contributed by atoms with Gasteiger partial charge in [-0.3, -0.25) is 9.36 Å². The molecule has 1 aromatic heterocycles. The molecule has 27 heavy (non-hydrogen) atoms. The fourth-order valence-corrected chi connectivity index (χ4v) is 3.54. The second-order valence-electron chi connectivity index (χ2n) is 6.20. The lowest BCUT2D eigenvalue weighted by atomic mass is 10.1. The van der Waals surface area contributed by atoms with Crippen LogP contribution in [0.5, 0.6) is 5.75 Å². The van der Waals surface area contributed by atoms with E-state index < -0.39 is 0 Å². The van der Waals surface area contributed by atoms with Gasteiger partial charge in [-0.2, -0.15) is 0 Å². The third kappa shape index (κ3) is 4.98. The van der Waals surface area contributed by atoms with Crippen LogP contribution >= 0.6 is 11.8 Å². The molecule has 2 aromatic carbocycles. The number of unbranched alkanes of at least 4 members (excludes halogenated alkanes) is 1. The summed E-state index contributed by atoms with van der Waals surface area (Å²) in [7, 11) is 1.63. The monoisotopic (exact) mass is 381 g/mol. The average molecular weight is 382 g/mol. The molecule has 0 fully saturated rings. The minimum absolute atomic E-state index is 0.0854. The first-order chi connectivity index (χ1) is 13.2. The zero-order chi connectivity index (χ0) is 19.1. The first-order valence-electron chi connectivity index (χ1n) is 9.00. The topological polar surface area (TPSA) is 57.0 Å². The summed E-state index contributed by atoms with van der Waals surface area (Å²) < 4.78 is 7.12. The maximum atomic E-state index is 12.5. The summed E-state index contributed by atoms with van der Waals surface area (Å²) >= 11 is 1.38. The number of ketones is 1. The molecule has 0 aliphatic heterocycles. The summed E-state index contributed by atoms with van der Waals surface area (Å²) in [6, 6.07) is 15.6. The van der Waals surface area contributed by atoms with Crippen molar-refractivity contribution >= 4 is 17.5 Å². The van der Waals surface area contributed by atoms with E-state index in [4.69, 9.17) is 4.74 Å². The molecule has 0 aliphatic carbocycles. The second-order valence-corrected chi connectivity index (χ2v) is 7.14. The van der Waals surface area contributed by atoms with E-state index in [0.717, 1.165) is 23.4 Å². The van der Waals surface area contributed by atoms with Gasteiger partial charge in [0.15, 0.2) is 10.9 Å². The highest BCUT2D eigenvalue weighted by atomic mass is 32.2. The molecule has 0 saturated heterocycles. The van der Waals surface area contributed by atoms with E-state index in [-0.39, 0.29) is 5.78 Å². The number of hydrogen-bond acceptors (Lipinski definition) is 5. The van der Waals surface area contributed by atoms with Crippen LogP contribution in [0.25, 0.3) is 5.69 Å². The van der Waals surface area contributed by atoms with Gasteiger partial charge in [0.25, 0.3) is 0 Å². The van der Waals surface area contributed by atoms with Crippen LogP contribution in [-0.4, -0.2) is 33.4 Å². The molecule has 140 valence electrons. The Hall–Kier alpha value is -2.60. The number of benzene rings is 2. The number of aryl methyl sites for hydroxylation is 1. The van der Waals surface area contributed by atoms with Crippen molar-refractivity contribution in [1.82, 2.24) is 14.8 Å². The Morgan fingerprint density at radius 3 is 2.74 bits per heavy atom. The predicted octanol–water partition coefficient (Wildman–Crippen LogP) is 4.59. The van der Waals surface area contributed by atoms with Gasteiger partial charge in [-0.25, -0.2) is 0 Å². The average Bonchev–Trinajstić information content (AvgIpc) is 3.19. The molecule has 0 N–H and O–H groups in total. The molecule has 1 heterocycles. The lowest BCUT2D eigenvalue weighted by Crippen LogP contribution is -2.04. The lowest BCUT2D eigenvalue weighted by molar-refractivity contribution is 0.102. The maximum absolute atomic E-state index is 12.5. The van der Waals surface area contributed by atoms with Crippen molar-refractivity contribution in [1.29, 1.82) is 0 Å². The summed E-state index contributed by atoms with van der Waals surface area (Å²) in [5, 5.41) is 8.81. The molecule has 0 saturated carbocycles. The highest BCUT2D eigenvalue weighted by Crippen LogP contribution is 2.23. The summed E-state index contributed by atoms with van der Waals surface area (Å²) in [6.45, 7) is 2.18. The SMILES string of the molecule is CCCCc1ccc(C(=O)CSc2nncn2-c2cccc(OC)c2)cc1. The number of rotatable bonds is 9. The highest BCUT2D eigenvalue weighted by Gasteiger charge is 2.12. The Bertz CT molecular complexity index is 890. The number of hydrogen-bond donors (Lipinski definition) is 0. The Balaban J connectivity index is 1.65. The van der Waals surface area contributed by atoms with Crippen molar-refractivity contribution in [2.45, 2.75) is 31.3 Å². The third-order valence-electron chi connectivity index (χ3n) is 4.28. The molecule has 0 atom stereocenters. The van der Waals surface area contributed by atoms with E-state index in [1.807, 2.05) is 53.1 Å². The normalized spacial score (nSPS) is 10.7. The van der Waals surface area contributed by atoms with Gasteiger partial charge in [0.1, 0.15) is 12.1 Å². The molecule has 0 amide bonds. The molecule has 0 unspecified atom stereocenters. The summed E-state index contributed by atoms with van der Waals surface area (Å²) in [5.74, 6) is 1.16. The Morgan fingerprint density at radius 1 is 1.19 bits per heavy atom. The second kappa shape index (κ2) is 9.37. The number of ether oxygens (including phenoxy) is 1. The maximum Gasteiger partial charge on any atom is 0.196 e. The molecule has 3 aromatic rings. The van der Waals surface area contributed by atoms with Gasteiger partial charge in [-0.1, -0.05) is 55.4 Å². The van der Waals surface area contributed by atoms with Gasteiger partial charge < -0.3 is 4.74 Å². The largest absolute Gasteiger partial charge is 0.497 e. The van der Waals surface area contributed by atoms with Crippen LogP contribution < -0.4 is 4.74 Å². The summed E-state index contributed by atoms with van der Waals surface area (Å²) in [6.07, 6.45) is 5.04. The smallest absolute Gasteiger partial charge is 0.196 e. The number of methoxy groups -OCH3 is 1. The number of aromatic nitrogens is 3. The van der Waals surface area contributed by atoms with Gasteiger partial charge in [-0.05, 0) is 30.5 Å². The van der Waals surface area contributed by atoms with Crippen molar-refractivity contribution in [2.24, 2.45) is 0 Å². The molecule has 0 radical (unpaired) electrons. The van der Waals surface area contributed by atoms with Gasteiger partial charge in [-0.15, -0.1) is 10.2 Å². The first-order valence-corrected chi connectivity index (χ1v) is 9.99. The van der Waals surface area contributed by atoms with E-state index in [9.17, 15) is 4.79 Å². The van der Waals surface area contributed by atoms with Crippen LogP contribution in [0.2, 0.25) is 0 Å². The molecular weight excluding hydrogens is 358 g/mol. The zero-order valence-corrected chi connectivity index (χ0v) is 16.4. The molecule has 3 rings (SSSR count). The number of carbonyl (C=O) groups excluding carboxylic acids is 1. The minimum Gasteiger partial charge on any atom is -0.497 e. The van der Waals surface area contributed by atoms with E-state index >= 15 is 0 Å². The summed E-state index contributed by atoms with van der Waals surface area (Å²) in [5.41, 5.74) is 2.91. The van der Waals surface area contributed by atoms with Crippen LogP contribution in [0.3, 0.4) is 0 Å². The van der Waals surface area contributed by atoms with Crippen molar-refractivity contribution in [2.75, 3.05) is 12.9 Å². The van der Waals surface area contributed by atoms with E-state index in [1.54, 1.807) is 13.4 Å². The molecule has 0 bridgehead atoms. The number of carbonyl (C=O) groups is 1. The van der Waals surface area contributed by atoms with E-state index in [0.29, 0.717) is 10.9 Å². The third-order valence-corrected chi connectivity index (χ3v) is 5.22. The van der Waals surface area contributed by atoms with Gasteiger partial charge in [0, 0.05) is 11.6 Å². The first kappa shape index (κ1) is 19.2. The van der Waals surface area contributed by atoms with E-state index in [2.05, 4.69) is 17.1 Å². The van der Waals surface area contributed by atoms with Crippen LogP contribution in [0.15, 0.2) is 60.0 Å². The number of thioether (sulfide) groups is 1. The Labute approximate surface area is 163 Å². The number of Topliss-reactive ketones (excluding diaryl/α,β-unsaturated/α-hetero) is 1. The van der Waals surface area contributed by atoms with Crippen molar-refractivity contribution < 1.29 is 9.53 Å². The molecular formula is C21H23N3O2S. The zero-order valence-electron chi connectivity index (χ0n) is 15.6. The lowest BCUT2D eigenvalue weighted by Gasteiger charge is -2.08. The highest BCUT2D eigenvalue weighted by molar-refractivity contribution is 7.99.